The van der Waals surface area contributed by atoms with Gasteiger partial charge in [-0.1, -0.05) is 29.6 Å². The molecule has 0 radical (unpaired) electrons. The first-order valence-corrected chi connectivity index (χ1v) is 9.68. The Morgan fingerprint density at radius 3 is 2.50 bits per heavy atom. The maximum Gasteiger partial charge on any atom is 0.336 e. The number of benzene rings is 2. The lowest BCUT2D eigenvalue weighted by atomic mass is 9.85. The minimum atomic E-state index is 0.0814. The molecule has 0 aliphatic heterocycles. The Labute approximate surface area is 172 Å². The number of nitrogens with one attached hydrogen (secondary N) is 1. The second kappa shape index (κ2) is 7.81. The fraction of sp³-hybridized carbons (Fsp3) is 0.250. The molecule has 0 atom stereocenters. The quantitative estimate of drug-likeness (QED) is 0.635. The molecule has 1 aliphatic carbocycles. The molecule has 1 amide bonds. The van der Waals surface area contributed by atoms with E-state index in [9.17, 15) is 4.79 Å². The van der Waals surface area contributed by atoms with Crippen molar-refractivity contribution in [1.82, 2.24) is 14.8 Å². The number of carbonyl (C=O) groups is 1. The van der Waals surface area contributed by atoms with E-state index in [-0.39, 0.29) is 17.8 Å². The van der Waals surface area contributed by atoms with Crippen molar-refractivity contribution in [1.29, 1.82) is 0 Å². The zero-order chi connectivity index (χ0) is 19.7. The van der Waals surface area contributed by atoms with E-state index in [1.165, 1.54) is 7.11 Å². The normalized spacial score (nSPS) is 13.8. The van der Waals surface area contributed by atoms with Gasteiger partial charge in [-0.15, -0.1) is 5.10 Å². The van der Waals surface area contributed by atoms with Gasteiger partial charge < -0.3 is 10.1 Å². The van der Waals surface area contributed by atoms with Gasteiger partial charge in [-0.2, -0.15) is 4.98 Å². The molecular formula is C20H18Cl2N4O2. The van der Waals surface area contributed by atoms with Gasteiger partial charge in [0, 0.05) is 17.2 Å². The Morgan fingerprint density at radius 1 is 1.14 bits per heavy atom. The SMILES string of the molecule is COc1nc(-c2ccc(Cl)c(Cl)c2)n(-c2ccc(NC(=O)C3CCC3)cc2)n1. The van der Waals surface area contributed by atoms with Gasteiger partial charge in [0.1, 0.15) is 0 Å². The molecule has 6 nitrogen and oxygen atoms in total. The van der Waals surface area contributed by atoms with Crippen molar-refractivity contribution in [3.63, 3.8) is 0 Å². The van der Waals surface area contributed by atoms with E-state index in [0.29, 0.717) is 15.9 Å². The van der Waals surface area contributed by atoms with Gasteiger partial charge in [0.05, 0.1) is 22.8 Å². The summed E-state index contributed by atoms with van der Waals surface area (Å²) in [6, 6.07) is 12.9. The summed E-state index contributed by atoms with van der Waals surface area (Å²) in [5, 5.41) is 8.25. The van der Waals surface area contributed by atoms with Crippen LogP contribution in [-0.2, 0) is 4.79 Å². The highest BCUT2D eigenvalue weighted by Crippen LogP contribution is 2.31. The van der Waals surface area contributed by atoms with Crippen molar-refractivity contribution in [2.75, 3.05) is 12.4 Å². The molecule has 0 bridgehead atoms. The van der Waals surface area contributed by atoms with Crippen LogP contribution in [0.25, 0.3) is 17.1 Å². The van der Waals surface area contributed by atoms with Crippen LogP contribution >= 0.6 is 23.2 Å². The molecule has 8 heteroatoms. The van der Waals surface area contributed by atoms with Crippen LogP contribution in [0.4, 0.5) is 5.69 Å². The molecule has 28 heavy (non-hydrogen) atoms. The van der Waals surface area contributed by atoms with Crippen molar-refractivity contribution in [3.05, 3.63) is 52.5 Å². The Balaban J connectivity index is 1.63. The summed E-state index contributed by atoms with van der Waals surface area (Å²) in [5.41, 5.74) is 2.29. The van der Waals surface area contributed by atoms with E-state index >= 15 is 0 Å². The number of halogens is 2. The van der Waals surface area contributed by atoms with Gasteiger partial charge in [0.15, 0.2) is 5.82 Å². The Morgan fingerprint density at radius 2 is 1.89 bits per heavy atom. The topological polar surface area (TPSA) is 69.0 Å². The number of nitrogens with zero attached hydrogens (tertiary/aromatic N) is 3. The number of ether oxygens (including phenoxy) is 1. The zero-order valence-corrected chi connectivity index (χ0v) is 16.7. The van der Waals surface area contributed by atoms with Crippen molar-refractivity contribution < 1.29 is 9.53 Å². The fourth-order valence-electron chi connectivity index (χ4n) is 2.98. The van der Waals surface area contributed by atoms with Crippen LogP contribution < -0.4 is 10.1 Å². The summed E-state index contributed by atoms with van der Waals surface area (Å²) in [6.07, 6.45) is 3.06. The summed E-state index contributed by atoms with van der Waals surface area (Å²) in [5.74, 6) is 0.792. The summed E-state index contributed by atoms with van der Waals surface area (Å²) in [6.45, 7) is 0. The van der Waals surface area contributed by atoms with E-state index in [2.05, 4.69) is 15.4 Å². The molecule has 1 fully saturated rings. The summed E-state index contributed by atoms with van der Waals surface area (Å²) in [7, 11) is 1.51. The van der Waals surface area contributed by atoms with Gasteiger partial charge in [0.2, 0.25) is 5.91 Å². The van der Waals surface area contributed by atoms with Gasteiger partial charge in [-0.05, 0) is 55.3 Å². The van der Waals surface area contributed by atoms with E-state index in [1.807, 2.05) is 30.3 Å². The van der Waals surface area contributed by atoms with E-state index in [4.69, 9.17) is 27.9 Å². The average molecular weight is 417 g/mol. The van der Waals surface area contributed by atoms with Crippen LogP contribution in [0, 0.1) is 5.92 Å². The van der Waals surface area contributed by atoms with Crippen molar-refractivity contribution in [3.8, 4) is 23.1 Å². The van der Waals surface area contributed by atoms with Gasteiger partial charge >= 0.3 is 6.01 Å². The van der Waals surface area contributed by atoms with Crippen molar-refractivity contribution in [2.24, 2.45) is 5.92 Å². The number of methoxy groups -OCH3 is 1. The second-order valence-electron chi connectivity index (χ2n) is 6.63. The van der Waals surface area contributed by atoms with Gasteiger partial charge in [-0.3, -0.25) is 4.79 Å². The number of carbonyl (C=O) groups excluding carboxylic acids is 1. The lowest BCUT2D eigenvalue weighted by molar-refractivity contribution is -0.122. The van der Waals surface area contributed by atoms with E-state index in [1.54, 1.807) is 16.8 Å². The van der Waals surface area contributed by atoms with Crippen LogP contribution in [0.5, 0.6) is 6.01 Å². The third kappa shape index (κ3) is 3.70. The molecule has 144 valence electrons. The maximum absolute atomic E-state index is 12.1. The molecule has 4 rings (SSSR count). The number of rotatable bonds is 5. The molecule has 0 spiro atoms. The highest BCUT2D eigenvalue weighted by atomic mass is 35.5. The van der Waals surface area contributed by atoms with Crippen LogP contribution in [0.1, 0.15) is 19.3 Å². The highest BCUT2D eigenvalue weighted by Gasteiger charge is 2.25. The molecule has 1 aliphatic rings. The second-order valence-corrected chi connectivity index (χ2v) is 7.44. The summed E-state index contributed by atoms with van der Waals surface area (Å²) >= 11 is 12.2. The van der Waals surface area contributed by atoms with E-state index in [0.717, 1.165) is 36.2 Å². The molecule has 3 aromatic rings. The van der Waals surface area contributed by atoms with Gasteiger partial charge in [0.25, 0.3) is 0 Å². The standard InChI is InChI=1S/C20H18Cl2N4O2/c1-28-20-24-18(13-5-10-16(21)17(22)11-13)26(25-20)15-8-6-14(7-9-15)23-19(27)12-3-2-4-12/h5-12H,2-4H2,1H3,(H,23,27). The maximum atomic E-state index is 12.1. The minimum absolute atomic E-state index is 0.0814. The van der Waals surface area contributed by atoms with Crippen LogP contribution in [-0.4, -0.2) is 27.8 Å². The predicted molar refractivity (Wildman–Crippen MR) is 109 cm³/mol. The summed E-state index contributed by atoms with van der Waals surface area (Å²) in [4.78, 5) is 16.5. The lowest BCUT2D eigenvalue weighted by Crippen LogP contribution is -2.27. The molecule has 1 N–H and O–H groups in total. The van der Waals surface area contributed by atoms with Crippen LogP contribution in [0.2, 0.25) is 10.0 Å². The molecule has 1 saturated carbocycles. The third-order valence-electron chi connectivity index (χ3n) is 4.80. The Kier molecular flexibility index (Phi) is 5.24. The monoisotopic (exact) mass is 416 g/mol. The molecular weight excluding hydrogens is 399 g/mol. The first-order valence-electron chi connectivity index (χ1n) is 8.93. The zero-order valence-electron chi connectivity index (χ0n) is 15.2. The van der Waals surface area contributed by atoms with Gasteiger partial charge in [-0.25, -0.2) is 4.68 Å². The van der Waals surface area contributed by atoms with Crippen LogP contribution in [0.15, 0.2) is 42.5 Å². The number of hydrogen-bond donors (Lipinski definition) is 1. The first-order chi connectivity index (χ1) is 13.5. The minimum Gasteiger partial charge on any atom is -0.466 e. The average Bonchev–Trinajstić information content (AvgIpc) is 3.07. The van der Waals surface area contributed by atoms with Crippen LogP contribution in [0.3, 0.4) is 0 Å². The smallest absolute Gasteiger partial charge is 0.336 e. The highest BCUT2D eigenvalue weighted by molar-refractivity contribution is 6.42. The largest absolute Gasteiger partial charge is 0.466 e. The summed E-state index contributed by atoms with van der Waals surface area (Å²) < 4.78 is 6.86. The third-order valence-corrected chi connectivity index (χ3v) is 5.54. The Bertz CT molecular complexity index is 1010. The first kappa shape index (κ1) is 18.8. The van der Waals surface area contributed by atoms with E-state index < -0.39 is 0 Å². The molecule has 1 heterocycles. The fourth-order valence-corrected chi connectivity index (χ4v) is 3.28. The molecule has 2 aromatic carbocycles. The number of amides is 1. The van der Waals surface area contributed by atoms with Crippen molar-refractivity contribution >= 4 is 34.8 Å². The lowest BCUT2D eigenvalue weighted by Gasteiger charge is -2.24. The number of anilines is 1. The Hall–Kier alpha value is -2.57. The molecule has 1 aromatic heterocycles. The predicted octanol–water partition coefficient (Wildman–Crippen LogP) is 4.99. The molecule has 0 saturated heterocycles. The van der Waals surface area contributed by atoms with Crippen molar-refractivity contribution in [2.45, 2.75) is 19.3 Å². The number of aromatic nitrogens is 3. The molecule has 0 unspecified atom stereocenters. The number of hydrogen-bond acceptors (Lipinski definition) is 4.